The lowest BCUT2D eigenvalue weighted by Gasteiger charge is -2.35. The van der Waals surface area contributed by atoms with Crippen LogP contribution in [-0.4, -0.2) is 35.9 Å². The molecule has 2 aromatic rings. The van der Waals surface area contributed by atoms with Crippen molar-refractivity contribution in [2.45, 2.75) is 25.3 Å². The molecule has 1 N–H and O–H groups in total. The summed E-state index contributed by atoms with van der Waals surface area (Å²) in [5, 5.41) is 16.2. The molecule has 0 saturated heterocycles. The molecule has 2 heterocycles. The Morgan fingerprint density at radius 2 is 2.22 bits per heavy atom. The number of nitro benzene ring substituents is 1. The first-order valence-corrected chi connectivity index (χ1v) is 9.87. The molecule has 0 bridgehead atoms. The molecule has 7 nitrogen and oxygen atoms in total. The highest BCUT2D eigenvalue weighted by Gasteiger charge is 2.40. The van der Waals surface area contributed by atoms with Crippen LogP contribution in [0.2, 0.25) is 0 Å². The third-order valence-corrected chi connectivity index (χ3v) is 6.21. The van der Waals surface area contributed by atoms with E-state index in [4.69, 9.17) is 4.74 Å². The minimum atomic E-state index is -0.510. The van der Waals surface area contributed by atoms with Gasteiger partial charge in [0.15, 0.2) is 0 Å². The molecule has 1 atom stereocenters. The van der Waals surface area contributed by atoms with Gasteiger partial charge in [0, 0.05) is 17.5 Å². The lowest BCUT2D eigenvalue weighted by Crippen LogP contribution is -2.41. The van der Waals surface area contributed by atoms with Gasteiger partial charge in [-0.3, -0.25) is 19.8 Å². The van der Waals surface area contributed by atoms with Gasteiger partial charge in [-0.15, -0.1) is 11.3 Å². The zero-order valence-corrected chi connectivity index (χ0v) is 15.8. The summed E-state index contributed by atoms with van der Waals surface area (Å²) in [4.78, 5) is 27.1. The molecule has 4 rings (SSSR count). The Bertz CT molecular complexity index is 878. The molecule has 1 aliphatic carbocycles. The predicted molar refractivity (Wildman–Crippen MR) is 103 cm³/mol. The number of hydrogen-bond donors (Lipinski definition) is 1. The second-order valence-corrected chi connectivity index (χ2v) is 7.99. The molecule has 1 aliphatic heterocycles. The first-order valence-electron chi connectivity index (χ1n) is 8.99. The van der Waals surface area contributed by atoms with Crippen molar-refractivity contribution >= 4 is 28.6 Å². The van der Waals surface area contributed by atoms with Crippen LogP contribution in [0.4, 0.5) is 11.4 Å². The molecule has 1 fully saturated rings. The lowest BCUT2D eigenvalue weighted by atomic mass is 9.96. The van der Waals surface area contributed by atoms with Gasteiger partial charge in [0.2, 0.25) is 5.91 Å². The predicted octanol–water partition coefficient (Wildman–Crippen LogP) is 3.61. The van der Waals surface area contributed by atoms with Crippen molar-refractivity contribution in [3.8, 4) is 5.75 Å². The van der Waals surface area contributed by atoms with E-state index in [1.165, 1.54) is 42.5 Å². The van der Waals surface area contributed by atoms with E-state index >= 15 is 0 Å². The standard InChI is InChI=1S/C19H21N3O4S/c1-26-13-4-5-15(16(10-13)22(24)25)20-18(23)11-21-8-6-17-14(7-9-27-17)19(21)12-2-3-12/h4-5,7,9-10,12,19H,2-3,6,8,11H2,1H3,(H,20,23)/t19-/m0/s1. The highest BCUT2D eigenvalue weighted by Crippen LogP contribution is 2.48. The summed E-state index contributed by atoms with van der Waals surface area (Å²) < 4.78 is 5.04. The number of amides is 1. The molecule has 27 heavy (non-hydrogen) atoms. The summed E-state index contributed by atoms with van der Waals surface area (Å²) in [6.45, 7) is 1.08. The normalized spacial score (nSPS) is 19.4. The minimum Gasteiger partial charge on any atom is -0.496 e. The van der Waals surface area contributed by atoms with Crippen molar-refractivity contribution in [2.75, 3.05) is 25.5 Å². The molecule has 1 amide bonds. The van der Waals surface area contributed by atoms with E-state index in [9.17, 15) is 14.9 Å². The topological polar surface area (TPSA) is 84.7 Å². The number of fused-ring (bicyclic) bond motifs is 1. The fourth-order valence-electron chi connectivity index (χ4n) is 3.81. The van der Waals surface area contributed by atoms with Gasteiger partial charge in [-0.05, 0) is 54.3 Å². The second-order valence-electron chi connectivity index (χ2n) is 6.99. The number of nitro groups is 1. The van der Waals surface area contributed by atoms with Crippen molar-refractivity contribution in [1.29, 1.82) is 0 Å². The van der Waals surface area contributed by atoms with Crippen LogP contribution in [0.3, 0.4) is 0 Å². The van der Waals surface area contributed by atoms with E-state index in [1.54, 1.807) is 17.4 Å². The number of hydrogen-bond acceptors (Lipinski definition) is 6. The first kappa shape index (κ1) is 17.9. The summed E-state index contributed by atoms with van der Waals surface area (Å²) in [5.74, 6) is 0.767. The van der Waals surface area contributed by atoms with Gasteiger partial charge < -0.3 is 10.1 Å². The molecular formula is C19H21N3O4S. The number of methoxy groups -OCH3 is 1. The van der Waals surface area contributed by atoms with Crippen LogP contribution in [0.5, 0.6) is 5.75 Å². The number of carbonyl (C=O) groups is 1. The highest BCUT2D eigenvalue weighted by molar-refractivity contribution is 7.10. The molecule has 1 saturated carbocycles. The van der Waals surface area contributed by atoms with Crippen LogP contribution in [-0.2, 0) is 11.2 Å². The van der Waals surface area contributed by atoms with E-state index in [-0.39, 0.29) is 29.9 Å². The molecule has 0 spiro atoms. The van der Waals surface area contributed by atoms with Gasteiger partial charge in [-0.2, -0.15) is 0 Å². The summed E-state index contributed by atoms with van der Waals surface area (Å²) >= 11 is 1.79. The maximum atomic E-state index is 12.6. The Hall–Kier alpha value is -2.45. The van der Waals surface area contributed by atoms with Crippen molar-refractivity contribution in [2.24, 2.45) is 5.92 Å². The number of anilines is 1. The van der Waals surface area contributed by atoms with Crippen molar-refractivity contribution < 1.29 is 14.5 Å². The molecule has 0 unspecified atom stereocenters. The summed E-state index contributed by atoms with van der Waals surface area (Å²) in [5.41, 5.74) is 1.39. The van der Waals surface area contributed by atoms with E-state index < -0.39 is 4.92 Å². The average Bonchev–Trinajstić information content (AvgIpc) is 3.37. The summed E-state index contributed by atoms with van der Waals surface area (Å²) in [6, 6.07) is 6.91. The number of thiophene rings is 1. The van der Waals surface area contributed by atoms with Crippen LogP contribution in [0.1, 0.15) is 29.3 Å². The largest absolute Gasteiger partial charge is 0.496 e. The third kappa shape index (κ3) is 3.68. The quantitative estimate of drug-likeness (QED) is 0.605. The van der Waals surface area contributed by atoms with Crippen molar-refractivity contribution in [3.05, 3.63) is 50.2 Å². The number of ether oxygens (including phenoxy) is 1. The Morgan fingerprint density at radius 1 is 1.41 bits per heavy atom. The van der Waals surface area contributed by atoms with E-state index in [0.29, 0.717) is 11.7 Å². The lowest BCUT2D eigenvalue weighted by molar-refractivity contribution is -0.384. The maximum Gasteiger partial charge on any atom is 0.296 e. The Balaban J connectivity index is 1.49. The van der Waals surface area contributed by atoms with Gasteiger partial charge in [-0.25, -0.2) is 0 Å². The highest BCUT2D eigenvalue weighted by atomic mass is 32.1. The molecular weight excluding hydrogens is 366 g/mol. The Kier molecular flexibility index (Phi) is 4.84. The maximum absolute atomic E-state index is 12.6. The Morgan fingerprint density at radius 3 is 2.93 bits per heavy atom. The zero-order chi connectivity index (χ0) is 19.0. The number of nitrogens with one attached hydrogen (secondary N) is 1. The Labute approximate surface area is 161 Å². The number of rotatable bonds is 6. The van der Waals surface area contributed by atoms with Crippen LogP contribution >= 0.6 is 11.3 Å². The molecule has 1 aromatic heterocycles. The number of carbonyl (C=O) groups excluding carboxylic acids is 1. The van der Waals surface area contributed by atoms with Crippen LogP contribution < -0.4 is 10.1 Å². The summed E-state index contributed by atoms with van der Waals surface area (Å²) in [6.07, 6.45) is 3.34. The monoisotopic (exact) mass is 387 g/mol. The van der Waals surface area contributed by atoms with Crippen LogP contribution in [0.25, 0.3) is 0 Å². The smallest absolute Gasteiger partial charge is 0.296 e. The fraction of sp³-hybridized carbons (Fsp3) is 0.421. The first-order chi connectivity index (χ1) is 13.1. The molecule has 0 radical (unpaired) electrons. The SMILES string of the molecule is COc1ccc(NC(=O)CN2CCc3sccc3[C@@H]2C2CC2)c([N+](=O)[O-])c1. The molecule has 142 valence electrons. The number of nitrogens with zero attached hydrogens (tertiary/aromatic N) is 2. The van der Waals surface area contributed by atoms with E-state index in [0.717, 1.165) is 13.0 Å². The van der Waals surface area contributed by atoms with Gasteiger partial charge in [0.1, 0.15) is 11.4 Å². The van der Waals surface area contributed by atoms with Crippen molar-refractivity contribution in [1.82, 2.24) is 4.90 Å². The molecule has 1 aromatic carbocycles. The molecule has 8 heteroatoms. The van der Waals surface area contributed by atoms with E-state index in [2.05, 4.69) is 21.7 Å². The number of benzene rings is 1. The van der Waals surface area contributed by atoms with Crippen LogP contribution in [0.15, 0.2) is 29.6 Å². The minimum absolute atomic E-state index is 0.166. The zero-order valence-electron chi connectivity index (χ0n) is 15.0. The van der Waals surface area contributed by atoms with Gasteiger partial charge >= 0.3 is 0 Å². The third-order valence-electron chi connectivity index (χ3n) is 5.21. The van der Waals surface area contributed by atoms with Gasteiger partial charge in [-0.1, -0.05) is 0 Å². The average molecular weight is 387 g/mol. The van der Waals surface area contributed by atoms with E-state index in [1.807, 2.05) is 0 Å². The van der Waals surface area contributed by atoms with Gasteiger partial charge in [0.05, 0.1) is 24.6 Å². The molecule has 2 aliphatic rings. The summed E-state index contributed by atoms with van der Waals surface area (Å²) in [7, 11) is 1.45. The van der Waals surface area contributed by atoms with Crippen molar-refractivity contribution in [3.63, 3.8) is 0 Å². The van der Waals surface area contributed by atoms with Crippen LogP contribution in [0, 0.1) is 16.0 Å². The second kappa shape index (κ2) is 7.28. The van der Waals surface area contributed by atoms with Gasteiger partial charge in [0.25, 0.3) is 5.69 Å². The fourth-order valence-corrected chi connectivity index (χ4v) is 4.72.